The molecule has 0 aliphatic carbocycles. The summed E-state index contributed by atoms with van der Waals surface area (Å²) >= 11 is 6.06. The summed E-state index contributed by atoms with van der Waals surface area (Å²) in [4.78, 5) is 12.0. The molecule has 0 saturated heterocycles. The molecule has 0 aliphatic rings. The van der Waals surface area contributed by atoms with E-state index < -0.39 is 0 Å². The Morgan fingerprint density at radius 2 is 1.79 bits per heavy atom. The largest absolute Gasteiger partial charge is 0.334 e. The van der Waals surface area contributed by atoms with Crippen molar-refractivity contribution in [3.63, 3.8) is 0 Å². The molecule has 0 spiro atoms. The van der Waals surface area contributed by atoms with Crippen molar-refractivity contribution in [2.75, 3.05) is 5.32 Å². The summed E-state index contributed by atoms with van der Waals surface area (Å²) in [7, 11) is 0. The highest BCUT2D eigenvalue weighted by atomic mass is 35.5. The summed E-state index contributed by atoms with van der Waals surface area (Å²) in [6.45, 7) is 1.01. The molecule has 1 heterocycles. The fourth-order valence-electron chi connectivity index (χ4n) is 2.26. The molecule has 3 aromatic rings. The number of carbonyl (C=O) groups excluding carboxylic acids is 1. The molecule has 1 aromatic heterocycles. The van der Waals surface area contributed by atoms with Gasteiger partial charge in [0.1, 0.15) is 0 Å². The first-order chi connectivity index (χ1) is 11.7. The van der Waals surface area contributed by atoms with E-state index in [1.54, 1.807) is 16.8 Å². The number of carbonyl (C=O) groups is 1. The van der Waals surface area contributed by atoms with Gasteiger partial charge in [0.25, 0.3) is 0 Å². The van der Waals surface area contributed by atoms with Crippen LogP contribution in [0.3, 0.4) is 0 Å². The number of rotatable bonds is 5. The van der Waals surface area contributed by atoms with E-state index in [2.05, 4.69) is 15.7 Å². The molecule has 0 aliphatic heterocycles. The lowest BCUT2D eigenvalue weighted by atomic mass is 10.2. The second-order valence-corrected chi connectivity index (χ2v) is 5.69. The zero-order chi connectivity index (χ0) is 16.8. The molecule has 5 nitrogen and oxygen atoms in total. The van der Waals surface area contributed by atoms with E-state index in [-0.39, 0.29) is 6.03 Å². The van der Waals surface area contributed by atoms with Crippen LogP contribution in [0.15, 0.2) is 66.9 Å². The number of hydrogen-bond donors (Lipinski definition) is 2. The van der Waals surface area contributed by atoms with Crippen molar-refractivity contribution < 1.29 is 4.79 Å². The molecule has 2 aromatic carbocycles. The van der Waals surface area contributed by atoms with Crippen LogP contribution in [0, 0.1) is 0 Å². The average Bonchev–Trinajstić information content (AvgIpc) is 3.02. The van der Waals surface area contributed by atoms with Gasteiger partial charge in [-0.1, -0.05) is 60.1 Å². The Labute approximate surface area is 145 Å². The van der Waals surface area contributed by atoms with Gasteiger partial charge in [0.2, 0.25) is 0 Å². The molecule has 6 heteroatoms. The Morgan fingerprint density at radius 3 is 2.58 bits per heavy atom. The van der Waals surface area contributed by atoms with Gasteiger partial charge >= 0.3 is 6.03 Å². The first kappa shape index (κ1) is 16.1. The molecule has 0 fully saturated rings. The number of aromatic nitrogens is 2. The van der Waals surface area contributed by atoms with Gasteiger partial charge in [-0.05, 0) is 17.2 Å². The fourth-order valence-corrected chi connectivity index (χ4v) is 2.47. The molecule has 0 atom stereocenters. The van der Waals surface area contributed by atoms with Gasteiger partial charge in [0.05, 0.1) is 6.54 Å². The van der Waals surface area contributed by atoms with E-state index >= 15 is 0 Å². The lowest BCUT2D eigenvalue weighted by Crippen LogP contribution is -2.28. The number of nitrogens with one attached hydrogen (secondary N) is 2. The lowest BCUT2D eigenvalue weighted by Gasteiger charge is -2.07. The highest BCUT2D eigenvalue weighted by Gasteiger charge is 2.06. The third-order valence-electron chi connectivity index (χ3n) is 3.47. The van der Waals surface area contributed by atoms with Crippen molar-refractivity contribution in [3.8, 4) is 0 Å². The van der Waals surface area contributed by atoms with Crippen LogP contribution in [0.25, 0.3) is 0 Å². The smallest absolute Gasteiger partial charge is 0.320 e. The van der Waals surface area contributed by atoms with Gasteiger partial charge in [0.15, 0.2) is 5.82 Å². The van der Waals surface area contributed by atoms with Crippen molar-refractivity contribution in [1.82, 2.24) is 15.1 Å². The Morgan fingerprint density at radius 1 is 1.04 bits per heavy atom. The van der Waals surface area contributed by atoms with E-state index in [1.807, 2.05) is 54.7 Å². The van der Waals surface area contributed by atoms with Gasteiger partial charge < -0.3 is 5.32 Å². The summed E-state index contributed by atoms with van der Waals surface area (Å²) in [5.41, 5.74) is 2.01. The minimum absolute atomic E-state index is 0.320. The van der Waals surface area contributed by atoms with Crippen molar-refractivity contribution >= 4 is 23.4 Å². The van der Waals surface area contributed by atoms with Crippen LogP contribution in [0.1, 0.15) is 11.1 Å². The quantitative estimate of drug-likeness (QED) is 0.740. The zero-order valence-electron chi connectivity index (χ0n) is 12.9. The summed E-state index contributed by atoms with van der Waals surface area (Å²) in [6.07, 6.45) is 1.83. The predicted molar refractivity (Wildman–Crippen MR) is 95.1 cm³/mol. The minimum Gasteiger partial charge on any atom is -0.334 e. The topological polar surface area (TPSA) is 59.0 Å². The van der Waals surface area contributed by atoms with Gasteiger partial charge in [-0.3, -0.25) is 10.00 Å². The second-order valence-electron chi connectivity index (χ2n) is 5.28. The third-order valence-corrected chi connectivity index (χ3v) is 3.84. The summed E-state index contributed by atoms with van der Waals surface area (Å²) in [5, 5.41) is 10.4. The normalized spacial score (nSPS) is 10.4. The number of urea groups is 1. The van der Waals surface area contributed by atoms with Crippen molar-refractivity contribution in [1.29, 1.82) is 0 Å². The standard InChI is InChI=1S/C18H17ClN4O/c19-16-9-5-4-8-15(16)12-20-18(24)21-17-10-11-23(22-17)13-14-6-2-1-3-7-14/h1-11H,12-13H2,(H2,20,21,22,24). The number of anilines is 1. The molecular formula is C18H17ClN4O. The Hall–Kier alpha value is -2.79. The monoisotopic (exact) mass is 340 g/mol. The fraction of sp³-hybridized carbons (Fsp3) is 0.111. The molecule has 0 saturated carbocycles. The van der Waals surface area contributed by atoms with Crippen molar-refractivity contribution in [2.45, 2.75) is 13.1 Å². The zero-order valence-corrected chi connectivity index (χ0v) is 13.7. The maximum absolute atomic E-state index is 12.0. The molecule has 0 radical (unpaired) electrons. The summed E-state index contributed by atoms with van der Waals surface area (Å²) < 4.78 is 1.78. The Bertz CT molecular complexity index is 817. The van der Waals surface area contributed by atoms with Crippen LogP contribution >= 0.6 is 11.6 Å². The van der Waals surface area contributed by atoms with E-state index in [0.29, 0.717) is 23.9 Å². The molecular weight excluding hydrogens is 324 g/mol. The van der Waals surface area contributed by atoms with Crippen molar-refractivity contribution in [3.05, 3.63) is 83.0 Å². The lowest BCUT2D eigenvalue weighted by molar-refractivity contribution is 0.251. The maximum Gasteiger partial charge on any atom is 0.320 e. The second kappa shape index (κ2) is 7.66. The number of amides is 2. The van der Waals surface area contributed by atoms with E-state index in [4.69, 9.17) is 11.6 Å². The van der Waals surface area contributed by atoms with Crippen LogP contribution in [0.2, 0.25) is 5.02 Å². The van der Waals surface area contributed by atoms with Gasteiger partial charge in [0, 0.05) is 23.8 Å². The first-order valence-electron chi connectivity index (χ1n) is 7.56. The van der Waals surface area contributed by atoms with Gasteiger partial charge in [-0.25, -0.2) is 4.79 Å². The predicted octanol–water partition coefficient (Wildman–Crippen LogP) is 3.91. The molecule has 24 heavy (non-hydrogen) atoms. The maximum atomic E-state index is 12.0. The van der Waals surface area contributed by atoms with Crippen LogP contribution in [-0.4, -0.2) is 15.8 Å². The molecule has 122 valence electrons. The SMILES string of the molecule is O=C(NCc1ccccc1Cl)Nc1ccn(Cc2ccccc2)n1. The Balaban J connectivity index is 1.53. The van der Waals surface area contributed by atoms with Crippen LogP contribution < -0.4 is 10.6 Å². The average molecular weight is 341 g/mol. The molecule has 0 unspecified atom stereocenters. The van der Waals surface area contributed by atoms with Crippen LogP contribution in [0.4, 0.5) is 10.6 Å². The number of nitrogens with zero attached hydrogens (tertiary/aromatic N) is 2. The summed E-state index contributed by atoms with van der Waals surface area (Å²) in [5.74, 6) is 0.502. The number of hydrogen-bond acceptors (Lipinski definition) is 2. The first-order valence-corrected chi connectivity index (χ1v) is 7.94. The van der Waals surface area contributed by atoms with E-state index in [0.717, 1.165) is 11.1 Å². The molecule has 3 rings (SSSR count). The Kier molecular flexibility index (Phi) is 5.13. The number of benzene rings is 2. The highest BCUT2D eigenvalue weighted by molar-refractivity contribution is 6.31. The summed E-state index contributed by atoms with van der Waals surface area (Å²) in [6, 6.07) is 18.9. The van der Waals surface area contributed by atoms with Gasteiger partial charge in [-0.15, -0.1) is 0 Å². The van der Waals surface area contributed by atoms with E-state index in [9.17, 15) is 4.79 Å². The number of halogens is 1. The third kappa shape index (κ3) is 4.36. The molecule has 0 bridgehead atoms. The van der Waals surface area contributed by atoms with Crippen LogP contribution in [-0.2, 0) is 13.1 Å². The molecule has 2 N–H and O–H groups in total. The van der Waals surface area contributed by atoms with Crippen LogP contribution in [0.5, 0.6) is 0 Å². The highest BCUT2D eigenvalue weighted by Crippen LogP contribution is 2.14. The van der Waals surface area contributed by atoms with Crippen molar-refractivity contribution in [2.24, 2.45) is 0 Å². The van der Waals surface area contributed by atoms with E-state index in [1.165, 1.54) is 0 Å². The minimum atomic E-state index is -0.320. The molecule has 2 amide bonds. The van der Waals surface area contributed by atoms with Gasteiger partial charge in [-0.2, -0.15) is 5.10 Å².